The summed E-state index contributed by atoms with van der Waals surface area (Å²) in [7, 11) is 0. The lowest BCUT2D eigenvalue weighted by molar-refractivity contribution is 0.0950. The minimum absolute atomic E-state index is 0.159. The van der Waals surface area contributed by atoms with E-state index in [1.54, 1.807) is 30.1 Å². The Morgan fingerprint density at radius 3 is 2.86 bits per heavy atom. The van der Waals surface area contributed by atoms with Crippen molar-refractivity contribution >= 4 is 17.5 Å². The van der Waals surface area contributed by atoms with Crippen molar-refractivity contribution in [2.45, 2.75) is 31.6 Å². The number of ketones is 1. The van der Waals surface area contributed by atoms with E-state index in [4.69, 9.17) is 0 Å². The number of benzene rings is 1. The molecule has 3 rings (SSSR count). The van der Waals surface area contributed by atoms with Gasteiger partial charge in [0.1, 0.15) is 11.4 Å². The van der Waals surface area contributed by atoms with Crippen molar-refractivity contribution in [1.29, 1.82) is 0 Å². The van der Waals surface area contributed by atoms with Crippen LogP contribution in [0.1, 0.15) is 36.2 Å². The topological polar surface area (TPSA) is 50.2 Å². The largest absolute Gasteiger partial charge is 0.506 e. The second kappa shape index (κ2) is 6.13. The highest BCUT2D eigenvalue weighted by Crippen LogP contribution is 2.40. The fourth-order valence-electron chi connectivity index (χ4n) is 3.09. The van der Waals surface area contributed by atoms with E-state index < -0.39 is 0 Å². The van der Waals surface area contributed by atoms with Gasteiger partial charge in [0.2, 0.25) is 0 Å². The Labute approximate surface area is 134 Å². The maximum Gasteiger partial charge on any atom is 0.164 e. The second-order valence-corrected chi connectivity index (χ2v) is 7.01. The number of carbonyl (C=O) groups is 1. The van der Waals surface area contributed by atoms with Gasteiger partial charge in [-0.2, -0.15) is 0 Å². The number of Topliss-reactive ketones (excluding diaryl/α,β-unsaturated/α-hetero) is 1. The standard InChI is InChI=1S/C18H19NO2S/c1-3-22-16-7-6-12(18-14(20)5-4-8-19-18)13-9-11(2)10-15(21)17(13)16/h4-8,11,20H,3,9-10H2,1-2H3. The second-order valence-electron chi connectivity index (χ2n) is 5.71. The molecule has 0 aliphatic heterocycles. The van der Waals surface area contributed by atoms with Crippen LogP contribution < -0.4 is 0 Å². The van der Waals surface area contributed by atoms with Gasteiger partial charge < -0.3 is 5.11 Å². The first kappa shape index (κ1) is 15.1. The lowest BCUT2D eigenvalue weighted by Gasteiger charge is -2.25. The molecule has 0 saturated carbocycles. The summed E-state index contributed by atoms with van der Waals surface area (Å²) in [6.45, 7) is 4.19. The van der Waals surface area contributed by atoms with E-state index in [-0.39, 0.29) is 11.5 Å². The average molecular weight is 313 g/mol. The Hall–Kier alpha value is -1.81. The molecule has 1 aliphatic carbocycles. The van der Waals surface area contributed by atoms with Crippen molar-refractivity contribution in [2.75, 3.05) is 5.75 Å². The summed E-state index contributed by atoms with van der Waals surface area (Å²) in [5.74, 6) is 1.63. The number of pyridine rings is 1. The molecule has 1 heterocycles. The number of hydrogen-bond acceptors (Lipinski definition) is 4. The molecule has 114 valence electrons. The summed E-state index contributed by atoms with van der Waals surface area (Å²) in [4.78, 5) is 17.9. The average Bonchev–Trinajstić information content (AvgIpc) is 2.48. The molecule has 0 fully saturated rings. The van der Waals surface area contributed by atoms with Gasteiger partial charge in [-0.15, -0.1) is 11.8 Å². The number of aromatic hydroxyl groups is 1. The summed E-state index contributed by atoms with van der Waals surface area (Å²) >= 11 is 1.70. The van der Waals surface area contributed by atoms with E-state index in [1.165, 1.54) is 0 Å². The maximum absolute atomic E-state index is 12.6. The zero-order chi connectivity index (χ0) is 15.7. The van der Waals surface area contributed by atoms with Crippen molar-refractivity contribution in [3.05, 3.63) is 41.6 Å². The van der Waals surface area contributed by atoms with Crippen LogP contribution in [-0.4, -0.2) is 21.6 Å². The smallest absolute Gasteiger partial charge is 0.164 e. The first-order valence-corrected chi connectivity index (χ1v) is 8.56. The summed E-state index contributed by atoms with van der Waals surface area (Å²) in [6, 6.07) is 7.33. The molecule has 22 heavy (non-hydrogen) atoms. The highest BCUT2D eigenvalue weighted by molar-refractivity contribution is 7.99. The van der Waals surface area contributed by atoms with Crippen LogP contribution in [0.15, 0.2) is 35.4 Å². The number of hydrogen-bond donors (Lipinski definition) is 1. The zero-order valence-electron chi connectivity index (χ0n) is 12.8. The van der Waals surface area contributed by atoms with Crippen molar-refractivity contribution < 1.29 is 9.90 Å². The quantitative estimate of drug-likeness (QED) is 0.857. The van der Waals surface area contributed by atoms with Crippen molar-refractivity contribution in [2.24, 2.45) is 5.92 Å². The molecular weight excluding hydrogens is 294 g/mol. The monoisotopic (exact) mass is 313 g/mol. The Balaban J connectivity index is 2.23. The van der Waals surface area contributed by atoms with Crippen molar-refractivity contribution in [1.82, 2.24) is 4.98 Å². The minimum Gasteiger partial charge on any atom is -0.506 e. The van der Waals surface area contributed by atoms with Crippen LogP contribution in [0.4, 0.5) is 0 Å². The van der Waals surface area contributed by atoms with Gasteiger partial charge >= 0.3 is 0 Å². The summed E-state index contributed by atoms with van der Waals surface area (Å²) in [5, 5.41) is 10.1. The number of thioether (sulfide) groups is 1. The number of rotatable bonds is 3. The van der Waals surface area contributed by atoms with Gasteiger partial charge in [0, 0.05) is 28.6 Å². The first-order chi connectivity index (χ1) is 10.6. The van der Waals surface area contributed by atoms with Gasteiger partial charge in [-0.05, 0) is 41.9 Å². The van der Waals surface area contributed by atoms with Gasteiger partial charge in [-0.1, -0.05) is 19.9 Å². The minimum atomic E-state index is 0.159. The van der Waals surface area contributed by atoms with Gasteiger partial charge in [-0.3, -0.25) is 9.78 Å². The van der Waals surface area contributed by atoms with Crippen LogP contribution in [0, 0.1) is 5.92 Å². The molecule has 1 N–H and O–H groups in total. The van der Waals surface area contributed by atoms with Crippen LogP contribution in [0.25, 0.3) is 11.3 Å². The summed E-state index contributed by atoms with van der Waals surface area (Å²) in [6.07, 6.45) is 3.12. The van der Waals surface area contributed by atoms with Crippen LogP contribution in [0.3, 0.4) is 0 Å². The van der Waals surface area contributed by atoms with Gasteiger partial charge in [0.15, 0.2) is 5.78 Å². The summed E-state index contributed by atoms with van der Waals surface area (Å²) < 4.78 is 0. The molecule has 0 spiro atoms. The molecule has 0 radical (unpaired) electrons. The van der Waals surface area contributed by atoms with Crippen LogP contribution in [0.5, 0.6) is 5.75 Å². The number of nitrogens with zero attached hydrogens (tertiary/aromatic N) is 1. The molecular formula is C18H19NO2S. The Kier molecular flexibility index (Phi) is 4.21. The molecule has 0 bridgehead atoms. The molecule has 3 nitrogen and oxygen atoms in total. The molecule has 2 aromatic rings. The number of fused-ring (bicyclic) bond motifs is 1. The van der Waals surface area contributed by atoms with Crippen LogP contribution in [0.2, 0.25) is 0 Å². The normalized spacial score (nSPS) is 17.4. The van der Waals surface area contributed by atoms with Crippen LogP contribution >= 0.6 is 11.8 Å². The lowest BCUT2D eigenvalue weighted by Crippen LogP contribution is -2.20. The zero-order valence-corrected chi connectivity index (χ0v) is 13.6. The number of aromatic nitrogens is 1. The molecule has 1 unspecified atom stereocenters. The molecule has 1 aromatic carbocycles. The van der Waals surface area contributed by atoms with Gasteiger partial charge in [0.05, 0.1) is 0 Å². The van der Waals surface area contributed by atoms with Crippen LogP contribution in [-0.2, 0) is 6.42 Å². The SMILES string of the molecule is CCSc1ccc(-c2ncccc2O)c2c1C(=O)CC(C)C2. The Bertz CT molecular complexity index is 727. The Morgan fingerprint density at radius 2 is 2.14 bits per heavy atom. The van der Waals surface area contributed by atoms with Crippen molar-refractivity contribution in [3.63, 3.8) is 0 Å². The fraction of sp³-hybridized carbons (Fsp3) is 0.333. The van der Waals surface area contributed by atoms with E-state index >= 15 is 0 Å². The van der Waals surface area contributed by atoms with E-state index in [1.807, 2.05) is 12.1 Å². The maximum atomic E-state index is 12.6. The van der Waals surface area contributed by atoms with E-state index in [9.17, 15) is 9.90 Å². The third kappa shape index (κ3) is 2.63. The van der Waals surface area contributed by atoms with Gasteiger partial charge in [0.25, 0.3) is 0 Å². The predicted octanol–water partition coefficient (Wildman–Crippen LogP) is 4.33. The third-order valence-electron chi connectivity index (χ3n) is 3.98. The van der Waals surface area contributed by atoms with E-state index in [0.29, 0.717) is 18.0 Å². The fourth-order valence-corrected chi connectivity index (χ4v) is 3.94. The first-order valence-electron chi connectivity index (χ1n) is 7.58. The van der Waals surface area contributed by atoms with Gasteiger partial charge in [-0.25, -0.2) is 0 Å². The lowest BCUT2D eigenvalue weighted by atomic mass is 9.81. The highest BCUT2D eigenvalue weighted by Gasteiger charge is 2.28. The molecule has 0 amide bonds. The Morgan fingerprint density at radius 1 is 1.32 bits per heavy atom. The molecule has 0 saturated heterocycles. The molecule has 1 aliphatic rings. The molecule has 4 heteroatoms. The van der Waals surface area contributed by atoms with E-state index in [2.05, 4.69) is 18.8 Å². The highest BCUT2D eigenvalue weighted by atomic mass is 32.2. The molecule has 1 atom stereocenters. The number of carbonyl (C=O) groups excluding carboxylic acids is 1. The van der Waals surface area contributed by atoms with E-state index in [0.717, 1.165) is 33.8 Å². The third-order valence-corrected chi connectivity index (χ3v) is 4.92. The molecule has 1 aromatic heterocycles. The predicted molar refractivity (Wildman–Crippen MR) is 89.6 cm³/mol. The van der Waals surface area contributed by atoms with Crippen molar-refractivity contribution in [3.8, 4) is 17.0 Å². The summed E-state index contributed by atoms with van der Waals surface area (Å²) in [5.41, 5.74) is 3.32.